The lowest BCUT2D eigenvalue weighted by molar-refractivity contribution is -0.143. The molecule has 2 aliphatic carbocycles. The number of nitrogens with zero attached hydrogens (tertiary/aromatic N) is 6. The van der Waals surface area contributed by atoms with Crippen molar-refractivity contribution in [3.63, 3.8) is 0 Å². The van der Waals surface area contributed by atoms with Gasteiger partial charge < -0.3 is 19.7 Å². The molecular weight excluding hydrogens is 438 g/mol. The Morgan fingerprint density at radius 2 is 2.18 bits per heavy atom. The topological polar surface area (TPSA) is 141 Å². The van der Waals surface area contributed by atoms with Crippen LogP contribution in [-0.4, -0.2) is 47.3 Å². The number of carboxylic acid groups (broad SMARTS) is 1. The minimum Gasteiger partial charge on any atom is -0.489 e. The minimum atomic E-state index is -0.749. The summed E-state index contributed by atoms with van der Waals surface area (Å²) in [5.74, 6) is 1.45. The number of aryl methyl sites for hydroxylation is 2. The van der Waals surface area contributed by atoms with Crippen LogP contribution in [0.15, 0.2) is 22.9 Å². The van der Waals surface area contributed by atoms with Gasteiger partial charge in [-0.25, -0.2) is 4.68 Å². The number of hydrogen-bond acceptors (Lipinski definition) is 9. The summed E-state index contributed by atoms with van der Waals surface area (Å²) < 4.78 is 13.0. The lowest BCUT2D eigenvalue weighted by atomic mass is 9.87. The third kappa shape index (κ3) is 5.35. The van der Waals surface area contributed by atoms with Crippen molar-refractivity contribution in [2.75, 3.05) is 5.32 Å². The van der Waals surface area contributed by atoms with Crippen molar-refractivity contribution >= 4 is 11.9 Å². The summed E-state index contributed by atoms with van der Waals surface area (Å²) in [6.07, 6.45) is 9.01. The van der Waals surface area contributed by atoms with E-state index in [1.807, 2.05) is 19.2 Å². The van der Waals surface area contributed by atoms with Crippen molar-refractivity contribution in [2.24, 2.45) is 18.9 Å². The zero-order valence-electron chi connectivity index (χ0n) is 19.2. The molecule has 0 saturated heterocycles. The molecular formula is C23H29N7O4. The molecule has 0 bridgehead atoms. The van der Waals surface area contributed by atoms with E-state index in [1.54, 1.807) is 10.9 Å². The standard InChI is InChI=1S/C23H29N7O4/c1-30-19(13-25-23-26-20(34-28-23)10-7-14-5-6-14)21(27-29-30)18-9-8-17(12-24-18)33-16-4-2-3-15(11-16)22(31)32/h8-9,12,14-16H,2-7,10-11,13H2,1H3,(H,25,28)(H,31,32)/t15-,16-/m0/s1. The van der Waals surface area contributed by atoms with Gasteiger partial charge in [-0.2, -0.15) is 4.98 Å². The van der Waals surface area contributed by atoms with Crippen LogP contribution >= 0.6 is 0 Å². The lowest BCUT2D eigenvalue weighted by Gasteiger charge is -2.27. The molecule has 2 saturated carbocycles. The monoisotopic (exact) mass is 467 g/mol. The fraction of sp³-hybridized carbons (Fsp3) is 0.565. The van der Waals surface area contributed by atoms with E-state index >= 15 is 0 Å². The molecule has 0 unspecified atom stereocenters. The average Bonchev–Trinajstić information content (AvgIpc) is 3.44. The number of aliphatic carboxylic acids is 1. The fourth-order valence-electron chi connectivity index (χ4n) is 4.36. The van der Waals surface area contributed by atoms with Crippen LogP contribution in [0.5, 0.6) is 5.75 Å². The van der Waals surface area contributed by atoms with Gasteiger partial charge in [0.2, 0.25) is 5.89 Å². The summed E-state index contributed by atoms with van der Waals surface area (Å²) in [6.45, 7) is 0.416. The van der Waals surface area contributed by atoms with E-state index in [9.17, 15) is 9.90 Å². The Bertz CT molecular complexity index is 1120. The first-order valence-corrected chi connectivity index (χ1v) is 11.9. The molecule has 3 aromatic rings. The zero-order chi connectivity index (χ0) is 23.5. The van der Waals surface area contributed by atoms with Crippen LogP contribution in [0.1, 0.15) is 56.5 Å². The third-order valence-corrected chi connectivity index (χ3v) is 6.55. The zero-order valence-corrected chi connectivity index (χ0v) is 19.2. The molecule has 0 aromatic carbocycles. The van der Waals surface area contributed by atoms with Gasteiger partial charge in [0.1, 0.15) is 11.4 Å². The second kappa shape index (κ2) is 9.78. The molecule has 2 N–H and O–H groups in total. The number of nitrogens with one attached hydrogen (secondary N) is 1. The van der Waals surface area contributed by atoms with Crippen molar-refractivity contribution < 1.29 is 19.2 Å². The van der Waals surface area contributed by atoms with E-state index < -0.39 is 5.97 Å². The van der Waals surface area contributed by atoms with E-state index in [0.29, 0.717) is 48.4 Å². The Kier molecular flexibility index (Phi) is 6.41. The molecule has 2 aliphatic rings. The average molecular weight is 468 g/mol. The van der Waals surface area contributed by atoms with Crippen LogP contribution in [0, 0.1) is 11.8 Å². The maximum atomic E-state index is 11.3. The number of carboxylic acids is 1. The highest BCUT2D eigenvalue weighted by Gasteiger charge is 2.28. The van der Waals surface area contributed by atoms with Crippen molar-refractivity contribution in [3.05, 3.63) is 29.9 Å². The van der Waals surface area contributed by atoms with Crippen molar-refractivity contribution in [3.8, 4) is 17.1 Å². The fourth-order valence-corrected chi connectivity index (χ4v) is 4.36. The van der Waals surface area contributed by atoms with E-state index in [4.69, 9.17) is 9.26 Å². The molecule has 2 atom stereocenters. The molecule has 180 valence electrons. The Morgan fingerprint density at radius 1 is 1.29 bits per heavy atom. The third-order valence-electron chi connectivity index (χ3n) is 6.55. The Labute approximate surface area is 196 Å². The predicted octanol–water partition coefficient (Wildman–Crippen LogP) is 3.24. The van der Waals surface area contributed by atoms with Crippen molar-refractivity contribution in [1.82, 2.24) is 30.1 Å². The minimum absolute atomic E-state index is 0.108. The first-order valence-electron chi connectivity index (χ1n) is 11.9. The second-order valence-corrected chi connectivity index (χ2v) is 9.18. The van der Waals surface area contributed by atoms with Crippen LogP contribution in [0.2, 0.25) is 0 Å². The van der Waals surface area contributed by atoms with Gasteiger partial charge in [-0.1, -0.05) is 18.1 Å². The van der Waals surface area contributed by atoms with Crippen molar-refractivity contribution in [1.29, 1.82) is 0 Å². The number of pyridine rings is 1. The molecule has 11 nitrogen and oxygen atoms in total. The molecule has 0 aliphatic heterocycles. The maximum absolute atomic E-state index is 11.3. The van der Waals surface area contributed by atoms with Gasteiger partial charge in [-0.3, -0.25) is 9.78 Å². The van der Waals surface area contributed by atoms with Crippen molar-refractivity contribution in [2.45, 2.75) is 64.0 Å². The van der Waals surface area contributed by atoms with Gasteiger partial charge in [0, 0.05) is 13.5 Å². The van der Waals surface area contributed by atoms with Gasteiger partial charge in [0.25, 0.3) is 5.95 Å². The van der Waals surface area contributed by atoms with Gasteiger partial charge in [-0.05, 0) is 55.3 Å². The van der Waals surface area contributed by atoms with E-state index in [-0.39, 0.29) is 12.0 Å². The van der Waals surface area contributed by atoms with Gasteiger partial charge in [-0.15, -0.1) is 5.10 Å². The van der Waals surface area contributed by atoms with Crippen LogP contribution in [0.4, 0.5) is 5.95 Å². The molecule has 0 amide bonds. The summed E-state index contributed by atoms with van der Waals surface area (Å²) >= 11 is 0. The SMILES string of the molecule is Cn1nnc(-c2ccc(O[C@H]3CCC[C@H](C(=O)O)C3)cn2)c1CNc1noc(CCC2CC2)n1. The Hall–Kier alpha value is -3.50. The predicted molar refractivity (Wildman–Crippen MR) is 121 cm³/mol. The smallest absolute Gasteiger partial charge is 0.306 e. The van der Waals surface area contributed by atoms with Crippen LogP contribution < -0.4 is 10.1 Å². The molecule has 0 spiro atoms. The summed E-state index contributed by atoms with van der Waals surface area (Å²) in [4.78, 5) is 20.2. The molecule has 3 aromatic heterocycles. The number of ether oxygens (including phenoxy) is 1. The van der Waals surface area contributed by atoms with E-state index in [0.717, 1.165) is 37.3 Å². The van der Waals surface area contributed by atoms with E-state index in [1.165, 1.54) is 12.8 Å². The van der Waals surface area contributed by atoms with Crippen LogP contribution in [-0.2, 0) is 24.8 Å². The van der Waals surface area contributed by atoms with Gasteiger partial charge >= 0.3 is 5.97 Å². The highest BCUT2D eigenvalue weighted by molar-refractivity contribution is 5.70. The first kappa shape index (κ1) is 22.3. The number of carbonyl (C=O) groups is 1. The lowest BCUT2D eigenvalue weighted by Crippen LogP contribution is -2.29. The molecule has 2 fully saturated rings. The molecule has 0 radical (unpaired) electrons. The summed E-state index contributed by atoms with van der Waals surface area (Å²) in [5.41, 5.74) is 2.16. The highest BCUT2D eigenvalue weighted by atomic mass is 16.5. The highest BCUT2D eigenvalue weighted by Crippen LogP contribution is 2.33. The number of aromatic nitrogens is 6. The first-order chi connectivity index (χ1) is 16.5. The van der Waals surface area contributed by atoms with E-state index in [2.05, 4.69) is 30.8 Å². The van der Waals surface area contributed by atoms with Gasteiger partial charge in [0.15, 0.2) is 0 Å². The number of rotatable bonds is 10. The Morgan fingerprint density at radius 3 is 2.94 bits per heavy atom. The normalized spacial score (nSPS) is 20.3. The molecule has 3 heterocycles. The number of hydrogen-bond donors (Lipinski definition) is 2. The van der Waals surface area contributed by atoms with Gasteiger partial charge in [0.05, 0.1) is 36.2 Å². The number of anilines is 1. The summed E-state index contributed by atoms with van der Waals surface area (Å²) in [5, 5.41) is 24.9. The summed E-state index contributed by atoms with van der Waals surface area (Å²) in [7, 11) is 1.82. The second-order valence-electron chi connectivity index (χ2n) is 9.18. The summed E-state index contributed by atoms with van der Waals surface area (Å²) in [6, 6.07) is 3.68. The molecule has 11 heteroatoms. The maximum Gasteiger partial charge on any atom is 0.306 e. The van der Waals surface area contributed by atoms with Crippen LogP contribution in [0.3, 0.4) is 0 Å². The quantitative estimate of drug-likeness (QED) is 0.456. The molecule has 5 rings (SSSR count). The largest absolute Gasteiger partial charge is 0.489 e. The molecule has 34 heavy (non-hydrogen) atoms. The van der Waals surface area contributed by atoms with Crippen LogP contribution in [0.25, 0.3) is 11.4 Å². The Balaban J connectivity index is 1.20.